The molecule has 4 rings (SSSR count). The largest absolute Gasteiger partial charge is 0.298 e. The van der Waals surface area contributed by atoms with Gasteiger partial charge >= 0.3 is 0 Å². The van der Waals surface area contributed by atoms with Crippen molar-refractivity contribution in [1.82, 2.24) is 14.4 Å². The first kappa shape index (κ1) is 10.3. The van der Waals surface area contributed by atoms with Crippen molar-refractivity contribution in [3.63, 3.8) is 0 Å². The molecule has 0 spiro atoms. The third-order valence-electron chi connectivity index (χ3n) is 3.33. The van der Waals surface area contributed by atoms with Gasteiger partial charge in [0.2, 0.25) is 0 Å². The molecule has 0 N–H and O–H groups in total. The van der Waals surface area contributed by atoms with Crippen molar-refractivity contribution in [2.45, 2.75) is 0 Å². The van der Waals surface area contributed by atoms with Gasteiger partial charge in [0.1, 0.15) is 5.65 Å². The van der Waals surface area contributed by atoms with Crippen LogP contribution in [0.1, 0.15) is 0 Å². The maximum Gasteiger partial charge on any atom is 0.145 e. The molecule has 0 unspecified atom stereocenters. The molecule has 0 atom stereocenters. The standard InChI is InChI=1S/C16H11N3/c1-2-6-13-12(5-1)8-10-19-15(11-18-16(13)19)14-7-3-4-9-17-14/h1-11H. The molecule has 3 heterocycles. The first-order chi connectivity index (χ1) is 9.43. The Labute approximate surface area is 110 Å². The molecular formula is C16H11N3. The third kappa shape index (κ3) is 1.52. The predicted molar refractivity (Wildman–Crippen MR) is 75.9 cm³/mol. The van der Waals surface area contributed by atoms with E-state index in [0.29, 0.717) is 0 Å². The van der Waals surface area contributed by atoms with Crippen LogP contribution in [-0.2, 0) is 0 Å². The van der Waals surface area contributed by atoms with Gasteiger partial charge in [-0.05, 0) is 23.6 Å². The van der Waals surface area contributed by atoms with Gasteiger partial charge in [0.25, 0.3) is 0 Å². The van der Waals surface area contributed by atoms with E-state index in [4.69, 9.17) is 0 Å². The Hall–Kier alpha value is -2.68. The predicted octanol–water partition coefficient (Wildman–Crippen LogP) is 3.55. The van der Waals surface area contributed by atoms with Crippen LogP contribution < -0.4 is 0 Å². The summed E-state index contributed by atoms with van der Waals surface area (Å²) in [6.45, 7) is 0. The molecule has 0 saturated heterocycles. The second kappa shape index (κ2) is 3.92. The molecular weight excluding hydrogens is 234 g/mol. The maximum atomic E-state index is 4.55. The van der Waals surface area contributed by atoms with Gasteiger partial charge in [-0.25, -0.2) is 4.98 Å². The molecule has 0 saturated carbocycles. The average molecular weight is 245 g/mol. The SMILES string of the molecule is c1ccc(-c2cnc3c4ccccc4ccn23)nc1. The highest BCUT2D eigenvalue weighted by Crippen LogP contribution is 2.24. The van der Waals surface area contributed by atoms with Gasteiger partial charge in [-0.3, -0.25) is 9.38 Å². The molecule has 90 valence electrons. The molecule has 4 aromatic rings. The van der Waals surface area contributed by atoms with E-state index in [2.05, 4.69) is 38.8 Å². The summed E-state index contributed by atoms with van der Waals surface area (Å²) >= 11 is 0. The number of nitrogens with zero attached hydrogens (tertiary/aromatic N) is 3. The van der Waals surface area contributed by atoms with Crippen LogP contribution in [-0.4, -0.2) is 14.4 Å². The zero-order valence-electron chi connectivity index (χ0n) is 10.2. The highest BCUT2D eigenvalue weighted by molar-refractivity contribution is 5.94. The smallest absolute Gasteiger partial charge is 0.145 e. The summed E-state index contributed by atoms with van der Waals surface area (Å²) in [5.74, 6) is 0. The van der Waals surface area contributed by atoms with E-state index in [1.165, 1.54) is 5.39 Å². The fourth-order valence-corrected chi connectivity index (χ4v) is 2.42. The number of hydrogen-bond donors (Lipinski definition) is 0. The Bertz CT molecular complexity index is 863. The van der Waals surface area contributed by atoms with Crippen LogP contribution in [0.2, 0.25) is 0 Å². The molecule has 1 aromatic carbocycles. The topological polar surface area (TPSA) is 30.2 Å². The first-order valence-electron chi connectivity index (χ1n) is 6.20. The van der Waals surface area contributed by atoms with Crippen LogP contribution >= 0.6 is 0 Å². The van der Waals surface area contributed by atoms with Crippen molar-refractivity contribution in [1.29, 1.82) is 0 Å². The Kier molecular flexibility index (Phi) is 2.12. The molecule has 0 aliphatic heterocycles. The monoisotopic (exact) mass is 245 g/mol. The van der Waals surface area contributed by atoms with Crippen LogP contribution in [0.25, 0.3) is 27.8 Å². The second-order valence-electron chi connectivity index (χ2n) is 4.46. The minimum atomic E-state index is 0.935. The Morgan fingerprint density at radius 1 is 0.842 bits per heavy atom. The molecule has 0 fully saturated rings. The lowest BCUT2D eigenvalue weighted by atomic mass is 10.2. The lowest BCUT2D eigenvalue weighted by Crippen LogP contribution is -1.90. The molecule has 3 heteroatoms. The molecule has 0 aliphatic carbocycles. The molecule has 0 amide bonds. The summed E-state index contributed by atoms with van der Waals surface area (Å²) in [6.07, 6.45) is 5.73. The fourth-order valence-electron chi connectivity index (χ4n) is 2.42. The summed E-state index contributed by atoms with van der Waals surface area (Å²) in [6, 6.07) is 16.3. The number of imidazole rings is 1. The molecule has 0 radical (unpaired) electrons. The minimum Gasteiger partial charge on any atom is -0.298 e. The molecule has 19 heavy (non-hydrogen) atoms. The van der Waals surface area contributed by atoms with Crippen molar-refractivity contribution in [3.8, 4) is 11.4 Å². The summed E-state index contributed by atoms with van der Waals surface area (Å²) in [7, 11) is 0. The quantitative estimate of drug-likeness (QED) is 0.513. The van der Waals surface area contributed by atoms with Crippen LogP contribution in [0.15, 0.2) is 67.1 Å². The van der Waals surface area contributed by atoms with Crippen molar-refractivity contribution >= 4 is 16.4 Å². The van der Waals surface area contributed by atoms with Gasteiger partial charge in [-0.15, -0.1) is 0 Å². The van der Waals surface area contributed by atoms with Crippen molar-refractivity contribution in [2.24, 2.45) is 0 Å². The van der Waals surface area contributed by atoms with Crippen molar-refractivity contribution in [3.05, 3.63) is 67.1 Å². The highest BCUT2D eigenvalue weighted by atomic mass is 15.0. The number of rotatable bonds is 1. The Morgan fingerprint density at radius 2 is 1.74 bits per heavy atom. The van der Waals surface area contributed by atoms with E-state index < -0.39 is 0 Å². The summed E-state index contributed by atoms with van der Waals surface area (Å²) in [5, 5.41) is 2.36. The van der Waals surface area contributed by atoms with E-state index in [9.17, 15) is 0 Å². The first-order valence-corrected chi connectivity index (χ1v) is 6.20. The summed E-state index contributed by atoms with van der Waals surface area (Å²) in [5.41, 5.74) is 2.92. The lowest BCUT2D eigenvalue weighted by molar-refractivity contribution is 1.18. The number of fused-ring (bicyclic) bond motifs is 3. The zero-order chi connectivity index (χ0) is 12.7. The summed E-state index contributed by atoms with van der Waals surface area (Å²) in [4.78, 5) is 8.94. The average Bonchev–Trinajstić information content (AvgIpc) is 2.92. The van der Waals surface area contributed by atoms with E-state index in [-0.39, 0.29) is 0 Å². The van der Waals surface area contributed by atoms with Crippen LogP contribution in [0.3, 0.4) is 0 Å². The highest BCUT2D eigenvalue weighted by Gasteiger charge is 2.08. The summed E-state index contributed by atoms with van der Waals surface area (Å²) < 4.78 is 2.09. The maximum absolute atomic E-state index is 4.55. The van der Waals surface area contributed by atoms with E-state index in [1.54, 1.807) is 6.20 Å². The minimum absolute atomic E-state index is 0.935. The lowest BCUT2D eigenvalue weighted by Gasteiger charge is -2.03. The van der Waals surface area contributed by atoms with E-state index in [0.717, 1.165) is 22.4 Å². The van der Waals surface area contributed by atoms with Crippen LogP contribution in [0.4, 0.5) is 0 Å². The van der Waals surface area contributed by atoms with E-state index >= 15 is 0 Å². The van der Waals surface area contributed by atoms with E-state index in [1.807, 2.05) is 36.5 Å². The van der Waals surface area contributed by atoms with Gasteiger partial charge in [0, 0.05) is 17.8 Å². The molecule has 3 nitrogen and oxygen atoms in total. The Morgan fingerprint density at radius 3 is 2.63 bits per heavy atom. The number of aromatic nitrogens is 3. The molecule has 0 aliphatic rings. The van der Waals surface area contributed by atoms with Gasteiger partial charge in [-0.1, -0.05) is 30.3 Å². The van der Waals surface area contributed by atoms with Crippen molar-refractivity contribution in [2.75, 3.05) is 0 Å². The number of hydrogen-bond acceptors (Lipinski definition) is 2. The molecule has 3 aromatic heterocycles. The fraction of sp³-hybridized carbons (Fsp3) is 0. The third-order valence-corrected chi connectivity index (χ3v) is 3.33. The second-order valence-corrected chi connectivity index (χ2v) is 4.46. The van der Waals surface area contributed by atoms with Crippen LogP contribution in [0, 0.1) is 0 Å². The molecule has 0 bridgehead atoms. The normalized spacial score (nSPS) is 11.2. The van der Waals surface area contributed by atoms with Gasteiger partial charge in [0.15, 0.2) is 0 Å². The van der Waals surface area contributed by atoms with Gasteiger partial charge in [-0.2, -0.15) is 0 Å². The van der Waals surface area contributed by atoms with Gasteiger partial charge < -0.3 is 0 Å². The number of benzene rings is 1. The van der Waals surface area contributed by atoms with Gasteiger partial charge in [0.05, 0.1) is 17.6 Å². The van der Waals surface area contributed by atoms with Crippen LogP contribution in [0.5, 0.6) is 0 Å². The van der Waals surface area contributed by atoms with Crippen molar-refractivity contribution < 1.29 is 0 Å². The number of pyridine rings is 2. The Balaban J connectivity index is 2.08. The zero-order valence-corrected chi connectivity index (χ0v) is 10.2.